The maximum atomic E-state index is 13.4. The van der Waals surface area contributed by atoms with E-state index >= 15 is 0 Å². The summed E-state index contributed by atoms with van der Waals surface area (Å²) in [6.45, 7) is 0.219. The van der Waals surface area contributed by atoms with Crippen molar-refractivity contribution in [2.45, 2.75) is 43.6 Å². The Balaban J connectivity index is 1.76. The maximum absolute atomic E-state index is 13.4. The Morgan fingerprint density at radius 2 is 1.80 bits per heavy atom. The summed E-state index contributed by atoms with van der Waals surface area (Å²) in [7, 11) is 0. The lowest BCUT2D eigenvalue weighted by Crippen LogP contribution is -2.52. The van der Waals surface area contributed by atoms with Crippen LogP contribution < -0.4 is 0 Å². The Hall–Kier alpha value is -1.63. The zero-order valence-electron chi connectivity index (χ0n) is 16.5. The van der Waals surface area contributed by atoms with Crippen molar-refractivity contribution in [3.05, 3.63) is 69.7 Å². The Morgan fingerprint density at radius 3 is 2.43 bits per heavy atom. The van der Waals surface area contributed by atoms with Crippen LogP contribution in [-0.2, 0) is 9.53 Å². The number of rotatable bonds is 7. The predicted molar refractivity (Wildman–Crippen MR) is 115 cm³/mol. The third-order valence-corrected chi connectivity index (χ3v) is 6.22. The number of halogens is 2. The molecule has 1 unspecified atom stereocenters. The second-order valence-corrected chi connectivity index (χ2v) is 8.98. The minimum Gasteiger partial charge on any atom is -0.394 e. The summed E-state index contributed by atoms with van der Waals surface area (Å²) in [6, 6.07) is 14.6. The van der Waals surface area contributed by atoms with Gasteiger partial charge in [-0.2, -0.15) is 0 Å². The molecule has 1 heterocycles. The number of carbonyl (C=O) groups excluding carboxylic acids is 1. The monoisotopic (exact) mass is 449 g/mol. The van der Waals surface area contributed by atoms with Gasteiger partial charge in [0.15, 0.2) is 0 Å². The molecule has 1 aliphatic carbocycles. The Morgan fingerprint density at radius 1 is 1.07 bits per heavy atom. The summed E-state index contributed by atoms with van der Waals surface area (Å²) in [6.07, 6.45) is -0.0709. The first-order chi connectivity index (χ1) is 14.5. The van der Waals surface area contributed by atoms with E-state index in [4.69, 9.17) is 27.9 Å². The third-order valence-electron chi connectivity index (χ3n) is 5.73. The quantitative estimate of drug-likeness (QED) is 0.665. The van der Waals surface area contributed by atoms with E-state index in [9.17, 15) is 15.0 Å². The molecule has 4 rings (SSSR count). The number of hydrogen-bond acceptors (Lipinski definition) is 4. The highest BCUT2D eigenvalue weighted by Crippen LogP contribution is 2.45. The highest BCUT2D eigenvalue weighted by molar-refractivity contribution is 6.30. The van der Waals surface area contributed by atoms with E-state index in [0.717, 1.165) is 24.0 Å². The summed E-state index contributed by atoms with van der Waals surface area (Å²) in [4.78, 5) is 15.3. The average molecular weight is 450 g/mol. The average Bonchev–Trinajstić information content (AvgIpc) is 3.55. The fourth-order valence-corrected chi connectivity index (χ4v) is 4.34. The summed E-state index contributed by atoms with van der Waals surface area (Å²) in [5.41, 5.74) is 1.79. The number of benzene rings is 2. The number of amides is 1. The molecule has 2 aromatic rings. The zero-order valence-corrected chi connectivity index (χ0v) is 18.0. The van der Waals surface area contributed by atoms with Gasteiger partial charge in [0.25, 0.3) is 5.91 Å². The van der Waals surface area contributed by atoms with Gasteiger partial charge in [-0.15, -0.1) is 0 Å². The van der Waals surface area contributed by atoms with Gasteiger partial charge in [-0.05, 0) is 54.2 Å². The van der Waals surface area contributed by atoms with Crippen LogP contribution in [0.3, 0.4) is 0 Å². The van der Waals surface area contributed by atoms with Gasteiger partial charge in [-0.3, -0.25) is 4.79 Å². The minimum atomic E-state index is -1.02. The molecule has 7 heteroatoms. The summed E-state index contributed by atoms with van der Waals surface area (Å²) < 4.78 is 6.29. The van der Waals surface area contributed by atoms with Gasteiger partial charge in [-0.25, -0.2) is 0 Å². The molecular weight excluding hydrogens is 425 g/mol. The van der Waals surface area contributed by atoms with Crippen LogP contribution in [0.5, 0.6) is 0 Å². The van der Waals surface area contributed by atoms with Gasteiger partial charge in [0.2, 0.25) is 0 Å². The standard InChI is InChI=1S/C23H25Cl2NO4/c24-17-8-6-15(7-9-17)21-22(16-2-1-3-18(25)10-16)30-20(11-19(28)13-27)23(29)26(21)12-14-4-5-14/h1-3,6-10,14,19-22,27-28H,4-5,11-13H2/t19-,20-,21-,22?/m0/s1. The van der Waals surface area contributed by atoms with Gasteiger partial charge >= 0.3 is 0 Å². The summed E-state index contributed by atoms with van der Waals surface area (Å²) in [5, 5.41) is 20.5. The molecule has 2 fully saturated rings. The van der Waals surface area contributed by atoms with Crippen molar-refractivity contribution in [3.8, 4) is 0 Å². The van der Waals surface area contributed by atoms with Crippen LogP contribution in [0, 0.1) is 5.92 Å². The largest absolute Gasteiger partial charge is 0.394 e. The SMILES string of the molecule is O=C1[C@H](C[C@H](O)CO)OC(c2cccc(Cl)c2)[C@H](c2ccc(Cl)cc2)N1CC1CC1. The van der Waals surface area contributed by atoms with Crippen molar-refractivity contribution in [1.82, 2.24) is 4.90 Å². The van der Waals surface area contributed by atoms with E-state index in [0.29, 0.717) is 22.5 Å². The first-order valence-electron chi connectivity index (χ1n) is 10.2. The molecule has 2 aromatic carbocycles. The molecule has 0 spiro atoms. The van der Waals surface area contributed by atoms with Gasteiger partial charge in [0.05, 0.1) is 18.8 Å². The first-order valence-corrected chi connectivity index (χ1v) is 11.0. The van der Waals surface area contributed by atoms with Crippen molar-refractivity contribution in [3.63, 3.8) is 0 Å². The summed E-state index contributed by atoms with van der Waals surface area (Å²) in [5.74, 6) is 0.318. The molecule has 0 aromatic heterocycles. The lowest BCUT2D eigenvalue weighted by atomic mass is 9.90. The number of carbonyl (C=O) groups is 1. The van der Waals surface area contributed by atoms with Gasteiger partial charge in [-0.1, -0.05) is 47.5 Å². The van der Waals surface area contributed by atoms with Crippen LogP contribution in [0.4, 0.5) is 0 Å². The van der Waals surface area contributed by atoms with E-state index in [1.165, 1.54) is 0 Å². The molecule has 160 valence electrons. The number of aliphatic hydroxyl groups excluding tert-OH is 2. The smallest absolute Gasteiger partial charge is 0.252 e. The van der Waals surface area contributed by atoms with E-state index in [-0.39, 0.29) is 18.4 Å². The van der Waals surface area contributed by atoms with Gasteiger partial charge < -0.3 is 19.8 Å². The van der Waals surface area contributed by atoms with Crippen LogP contribution in [-0.4, -0.2) is 46.4 Å². The molecule has 1 aliphatic heterocycles. The maximum Gasteiger partial charge on any atom is 0.252 e. The Kier molecular flexibility index (Phi) is 6.66. The van der Waals surface area contributed by atoms with Crippen LogP contribution in [0.15, 0.2) is 48.5 Å². The number of morpholine rings is 1. The molecule has 30 heavy (non-hydrogen) atoms. The van der Waals surface area contributed by atoms with Crippen LogP contribution in [0.2, 0.25) is 10.0 Å². The topological polar surface area (TPSA) is 70.0 Å². The molecule has 4 atom stereocenters. The molecular formula is C23H25Cl2NO4. The molecule has 1 saturated heterocycles. The highest BCUT2D eigenvalue weighted by Gasteiger charge is 2.46. The molecule has 1 amide bonds. The van der Waals surface area contributed by atoms with Crippen LogP contribution >= 0.6 is 23.2 Å². The molecule has 0 bridgehead atoms. The van der Waals surface area contributed by atoms with E-state index in [2.05, 4.69) is 0 Å². The molecule has 0 radical (unpaired) electrons. The predicted octanol–water partition coefficient (Wildman–Crippen LogP) is 4.16. The van der Waals surface area contributed by atoms with E-state index in [1.807, 2.05) is 47.4 Å². The lowest BCUT2D eigenvalue weighted by Gasteiger charge is -2.45. The van der Waals surface area contributed by atoms with Crippen molar-refractivity contribution < 1.29 is 19.7 Å². The third kappa shape index (κ3) is 4.82. The second-order valence-electron chi connectivity index (χ2n) is 8.10. The fourth-order valence-electron chi connectivity index (χ4n) is 4.01. The van der Waals surface area contributed by atoms with Crippen molar-refractivity contribution in [2.24, 2.45) is 5.92 Å². The Bertz CT molecular complexity index is 887. The van der Waals surface area contributed by atoms with Crippen molar-refractivity contribution in [1.29, 1.82) is 0 Å². The first kappa shape index (κ1) is 21.6. The lowest BCUT2D eigenvalue weighted by molar-refractivity contribution is -0.179. The van der Waals surface area contributed by atoms with Crippen molar-refractivity contribution in [2.75, 3.05) is 13.2 Å². The van der Waals surface area contributed by atoms with Gasteiger partial charge in [0.1, 0.15) is 12.2 Å². The van der Waals surface area contributed by atoms with E-state index < -0.39 is 24.9 Å². The molecule has 2 aliphatic rings. The molecule has 1 saturated carbocycles. The number of hydrogen-bond donors (Lipinski definition) is 2. The number of ether oxygens (including phenoxy) is 1. The van der Waals surface area contributed by atoms with Crippen LogP contribution in [0.25, 0.3) is 0 Å². The molecule has 5 nitrogen and oxygen atoms in total. The zero-order chi connectivity index (χ0) is 21.3. The minimum absolute atomic E-state index is 0.0426. The number of nitrogens with zero attached hydrogens (tertiary/aromatic N) is 1. The summed E-state index contributed by atoms with van der Waals surface area (Å²) >= 11 is 12.4. The Labute approximate surface area is 186 Å². The van der Waals surface area contributed by atoms with E-state index in [1.54, 1.807) is 6.07 Å². The van der Waals surface area contributed by atoms with Crippen molar-refractivity contribution >= 4 is 29.1 Å². The highest BCUT2D eigenvalue weighted by atomic mass is 35.5. The van der Waals surface area contributed by atoms with Gasteiger partial charge in [0, 0.05) is 23.0 Å². The number of aliphatic hydroxyl groups is 2. The normalized spacial score (nSPS) is 25.4. The second kappa shape index (κ2) is 9.25. The fraction of sp³-hybridized carbons (Fsp3) is 0.435. The molecule has 2 N–H and O–H groups in total. The van der Waals surface area contributed by atoms with Crippen LogP contribution in [0.1, 0.15) is 42.5 Å².